The number of methoxy groups -OCH3 is 2. The third-order valence-corrected chi connectivity index (χ3v) is 8.09. The Morgan fingerprint density at radius 3 is 2.22 bits per heavy atom. The molecule has 2 atom stereocenters. The fraction of sp³-hybridized carbons (Fsp3) is 0.229. The van der Waals surface area contributed by atoms with Crippen LogP contribution in [0, 0.1) is 12.4 Å². The summed E-state index contributed by atoms with van der Waals surface area (Å²) >= 11 is 0. The van der Waals surface area contributed by atoms with Crippen molar-refractivity contribution in [3.8, 4) is 11.5 Å². The highest BCUT2D eigenvalue weighted by Crippen LogP contribution is 2.39. The molecule has 0 spiro atoms. The summed E-state index contributed by atoms with van der Waals surface area (Å²) in [6, 6.07) is 22.4. The summed E-state index contributed by atoms with van der Waals surface area (Å²) in [5, 5.41) is 4.44. The molecule has 0 unspecified atom stereocenters. The normalized spacial score (nSPS) is 16.0. The van der Waals surface area contributed by atoms with Crippen LogP contribution in [0.5, 0.6) is 11.5 Å². The fourth-order valence-electron chi connectivity index (χ4n) is 5.82. The summed E-state index contributed by atoms with van der Waals surface area (Å²) in [5.74, 6) is 0.693. The largest absolute Gasteiger partial charge is 0.497 e. The first-order chi connectivity index (χ1) is 21.8. The molecule has 0 aliphatic carbocycles. The molecule has 1 amide bonds. The fourth-order valence-corrected chi connectivity index (χ4v) is 5.82. The van der Waals surface area contributed by atoms with Crippen molar-refractivity contribution in [2.75, 3.05) is 25.7 Å². The van der Waals surface area contributed by atoms with Crippen LogP contribution in [0.3, 0.4) is 0 Å². The number of anilines is 1. The van der Waals surface area contributed by atoms with Gasteiger partial charge in [0.25, 0.3) is 5.91 Å². The third-order valence-electron chi connectivity index (χ3n) is 8.09. The van der Waals surface area contributed by atoms with E-state index in [4.69, 9.17) is 16.0 Å². The van der Waals surface area contributed by atoms with Crippen LogP contribution in [0.15, 0.2) is 91.3 Å². The Morgan fingerprint density at radius 1 is 0.978 bits per heavy atom. The number of fused-ring (bicyclic) bond motifs is 1. The standard InChI is InChI=1S/C35H31F2N5O3/c1-38-28-15-25(14-26(36)16-28)33-17-27(37)22-41(33)29-12-13-42-34(18-29)32(19-39-42)35(43)40(20-23-4-8-30(44-2)9-5-23)21-24-6-10-31(45-3)11-7-24/h4-16,18-19,27,33H,17,20-22H2,2-3H3/t27-,33+/m0/s1. The first-order valence-corrected chi connectivity index (χ1v) is 14.5. The second-order valence-electron chi connectivity index (χ2n) is 11.0. The van der Waals surface area contributed by atoms with Gasteiger partial charge in [0.1, 0.15) is 23.5 Å². The van der Waals surface area contributed by atoms with E-state index in [1.54, 1.807) is 48.2 Å². The first kappa shape index (κ1) is 29.6. The highest BCUT2D eigenvalue weighted by atomic mass is 19.1. The van der Waals surface area contributed by atoms with Gasteiger partial charge in [-0.3, -0.25) is 4.79 Å². The van der Waals surface area contributed by atoms with Crippen LogP contribution in [0.25, 0.3) is 10.4 Å². The van der Waals surface area contributed by atoms with E-state index in [0.717, 1.165) is 22.6 Å². The van der Waals surface area contributed by atoms with Crippen molar-refractivity contribution < 1.29 is 23.0 Å². The number of amides is 1. The molecule has 5 aromatic rings. The number of carbonyl (C=O) groups excluding carboxylic acids is 1. The molecule has 0 N–H and O–H groups in total. The zero-order valence-electron chi connectivity index (χ0n) is 24.9. The van der Waals surface area contributed by atoms with E-state index in [0.29, 0.717) is 35.4 Å². The Balaban J connectivity index is 1.34. The maximum atomic E-state index is 14.9. The maximum Gasteiger partial charge on any atom is 0.258 e. The van der Waals surface area contributed by atoms with Crippen LogP contribution in [0.4, 0.5) is 20.2 Å². The molecule has 1 fully saturated rings. The Labute approximate surface area is 259 Å². The van der Waals surface area contributed by atoms with Gasteiger partial charge in [0.15, 0.2) is 5.69 Å². The monoisotopic (exact) mass is 607 g/mol. The SMILES string of the molecule is [C-]#[N+]c1cc(F)cc([C@H]2C[C@H](F)CN2c2ccn3ncc(C(=O)N(Cc4ccc(OC)cc4)Cc4ccc(OC)cc4)c3c2)c1. The highest BCUT2D eigenvalue weighted by molar-refractivity contribution is 6.01. The van der Waals surface area contributed by atoms with Gasteiger partial charge in [-0.1, -0.05) is 30.3 Å². The predicted molar refractivity (Wildman–Crippen MR) is 167 cm³/mol. The summed E-state index contributed by atoms with van der Waals surface area (Å²) in [6.07, 6.45) is 2.30. The van der Waals surface area contributed by atoms with Gasteiger partial charge in [0.2, 0.25) is 0 Å². The molecule has 1 aliphatic heterocycles. The van der Waals surface area contributed by atoms with Crippen LogP contribution in [-0.4, -0.2) is 47.4 Å². The lowest BCUT2D eigenvalue weighted by Crippen LogP contribution is -2.30. The summed E-state index contributed by atoms with van der Waals surface area (Å²) in [6.45, 7) is 8.10. The van der Waals surface area contributed by atoms with Gasteiger partial charge >= 0.3 is 0 Å². The smallest absolute Gasteiger partial charge is 0.258 e. The number of carbonyl (C=O) groups is 1. The minimum atomic E-state index is -1.14. The Kier molecular flexibility index (Phi) is 8.34. The number of nitrogens with zero attached hydrogens (tertiary/aromatic N) is 5. The van der Waals surface area contributed by atoms with Gasteiger partial charge in [-0.05, 0) is 65.2 Å². The van der Waals surface area contributed by atoms with Gasteiger partial charge in [-0.15, -0.1) is 0 Å². The number of halogens is 2. The molecule has 6 rings (SSSR count). The molecule has 3 heterocycles. The molecule has 8 nitrogen and oxygen atoms in total. The quantitative estimate of drug-likeness (QED) is 0.166. The number of hydrogen-bond acceptors (Lipinski definition) is 5. The second-order valence-corrected chi connectivity index (χ2v) is 11.0. The van der Waals surface area contributed by atoms with Crippen LogP contribution < -0.4 is 14.4 Å². The van der Waals surface area contributed by atoms with E-state index in [1.807, 2.05) is 59.5 Å². The zero-order valence-corrected chi connectivity index (χ0v) is 24.9. The Morgan fingerprint density at radius 2 is 1.62 bits per heavy atom. The van der Waals surface area contributed by atoms with Crippen LogP contribution in [0.2, 0.25) is 0 Å². The van der Waals surface area contributed by atoms with Crippen LogP contribution in [0.1, 0.15) is 39.5 Å². The number of ether oxygens (including phenoxy) is 2. The molecule has 1 saturated heterocycles. The first-order valence-electron chi connectivity index (χ1n) is 14.5. The van der Waals surface area contributed by atoms with Crippen LogP contribution >= 0.6 is 0 Å². The Hall–Kier alpha value is -5.43. The van der Waals surface area contributed by atoms with Gasteiger partial charge in [-0.25, -0.2) is 18.1 Å². The molecule has 228 valence electrons. The van der Waals surface area contributed by atoms with Gasteiger partial charge in [0.05, 0.1) is 44.1 Å². The molecule has 0 radical (unpaired) electrons. The molecule has 1 aliphatic rings. The summed E-state index contributed by atoms with van der Waals surface area (Å²) in [7, 11) is 3.21. The van der Waals surface area contributed by atoms with E-state index in [-0.39, 0.29) is 24.6 Å². The van der Waals surface area contributed by atoms with Gasteiger partial charge in [-0.2, -0.15) is 5.10 Å². The number of alkyl halides is 1. The van der Waals surface area contributed by atoms with E-state index in [9.17, 15) is 13.6 Å². The third kappa shape index (κ3) is 6.29. The topological polar surface area (TPSA) is 63.7 Å². The lowest BCUT2D eigenvalue weighted by molar-refractivity contribution is 0.0732. The predicted octanol–water partition coefficient (Wildman–Crippen LogP) is 7.17. The second kappa shape index (κ2) is 12.7. The summed E-state index contributed by atoms with van der Waals surface area (Å²) in [5.41, 5.74) is 4.20. The molecular weight excluding hydrogens is 576 g/mol. The molecule has 0 saturated carbocycles. The summed E-state index contributed by atoms with van der Waals surface area (Å²) < 4.78 is 41.4. The highest BCUT2D eigenvalue weighted by Gasteiger charge is 2.34. The molecule has 10 heteroatoms. The van der Waals surface area contributed by atoms with Crippen molar-refractivity contribution >= 4 is 22.8 Å². The Bertz CT molecular complexity index is 1820. The average Bonchev–Trinajstić information content (AvgIpc) is 3.67. The number of benzene rings is 3. The van der Waals surface area contributed by atoms with E-state index >= 15 is 0 Å². The number of aromatic nitrogens is 2. The van der Waals surface area contributed by atoms with Crippen molar-refractivity contribution in [3.63, 3.8) is 0 Å². The number of rotatable bonds is 9. The lowest BCUT2D eigenvalue weighted by Gasteiger charge is -2.27. The molecule has 3 aromatic carbocycles. The van der Waals surface area contributed by atoms with Gasteiger partial charge < -0.3 is 19.3 Å². The van der Waals surface area contributed by atoms with Crippen molar-refractivity contribution in [2.24, 2.45) is 0 Å². The van der Waals surface area contributed by atoms with E-state index < -0.39 is 18.0 Å². The molecule has 2 aromatic heterocycles. The lowest BCUT2D eigenvalue weighted by atomic mass is 10.0. The van der Waals surface area contributed by atoms with E-state index in [1.165, 1.54) is 12.1 Å². The minimum Gasteiger partial charge on any atom is -0.497 e. The molecule has 0 bridgehead atoms. The minimum absolute atomic E-state index is 0.100. The van der Waals surface area contributed by atoms with Crippen molar-refractivity contribution in [1.29, 1.82) is 0 Å². The number of pyridine rings is 1. The van der Waals surface area contributed by atoms with E-state index in [2.05, 4.69) is 9.94 Å². The van der Waals surface area contributed by atoms with Crippen molar-refractivity contribution in [1.82, 2.24) is 14.5 Å². The van der Waals surface area contributed by atoms with Gasteiger partial charge in [0, 0.05) is 37.9 Å². The van der Waals surface area contributed by atoms with Crippen molar-refractivity contribution in [2.45, 2.75) is 31.7 Å². The number of hydrogen-bond donors (Lipinski definition) is 0. The zero-order chi connectivity index (χ0) is 31.5. The molecular formula is C35H31F2N5O3. The average molecular weight is 608 g/mol. The van der Waals surface area contributed by atoms with Crippen LogP contribution in [-0.2, 0) is 13.1 Å². The summed E-state index contributed by atoms with van der Waals surface area (Å²) in [4.78, 5) is 21.2. The maximum absolute atomic E-state index is 14.9. The molecule has 45 heavy (non-hydrogen) atoms. The van der Waals surface area contributed by atoms with Crippen molar-refractivity contribution in [3.05, 3.63) is 131 Å².